The number of nitrogens with two attached hydrogens (primary N) is 1. The first-order valence-electron chi connectivity index (χ1n) is 7.26. The zero-order valence-corrected chi connectivity index (χ0v) is 12.2. The molecule has 4 heteroatoms. The number of nitrogens with one attached hydrogen (secondary N) is 1. The van der Waals surface area contributed by atoms with Gasteiger partial charge in [0.05, 0.1) is 5.69 Å². The number of anilines is 1. The average Bonchev–Trinajstić information content (AvgIpc) is 2.97. The Hall–Kier alpha value is -1.84. The summed E-state index contributed by atoms with van der Waals surface area (Å²) in [4.78, 5) is 12.6. The van der Waals surface area contributed by atoms with Crippen molar-refractivity contribution in [3.63, 3.8) is 0 Å². The molecular weight excluding hydrogens is 248 g/mol. The van der Waals surface area contributed by atoms with E-state index in [1.54, 1.807) is 6.20 Å². The lowest BCUT2D eigenvalue weighted by atomic mass is 9.70. The van der Waals surface area contributed by atoms with Crippen LogP contribution in [0.5, 0.6) is 0 Å². The lowest BCUT2D eigenvalue weighted by molar-refractivity contribution is 0.226. The van der Waals surface area contributed by atoms with Crippen molar-refractivity contribution >= 4 is 5.82 Å². The SMILES string of the molecule is CC12CCC(c3[nH]c(-c4ccc(N)nc4)nc31)C2(C)C. The molecule has 104 valence electrons. The maximum atomic E-state index is 5.65. The Kier molecular flexibility index (Phi) is 2.05. The summed E-state index contributed by atoms with van der Waals surface area (Å²) in [6, 6.07) is 3.80. The predicted octanol–water partition coefficient (Wildman–Crippen LogP) is 3.23. The molecule has 2 aromatic rings. The maximum absolute atomic E-state index is 5.65. The minimum absolute atomic E-state index is 0.197. The molecule has 0 saturated heterocycles. The summed E-state index contributed by atoms with van der Waals surface area (Å²) in [5, 5.41) is 0. The number of pyridine rings is 1. The van der Waals surface area contributed by atoms with Crippen LogP contribution in [0.2, 0.25) is 0 Å². The van der Waals surface area contributed by atoms with Crippen LogP contribution in [0.1, 0.15) is 50.9 Å². The molecule has 4 rings (SSSR count). The van der Waals surface area contributed by atoms with E-state index in [0.29, 0.717) is 17.2 Å². The molecular formula is C16H20N4. The Morgan fingerprint density at radius 1 is 1.30 bits per heavy atom. The number of nitrogen functional groups attached to an aromatic ring is 1. The number of aromatic amines is 1. The van der Waals surface area contributed by atoms with Crippen molar-refractivity contribution in [3.8, 4) is 11.4 Å². The summed E-state index contributed by atoms with van der Waals surface area (Å²) in [6.45, 7) is 7.12. The van der Waals surface area contributed by atoms with Crippen molar-refractivity contribution in [3.05, 3.63) is 29.7 Å². The summed E-state index contributed by atoms with van der Waals surface area (Å²) in [6.07, 6.45) is 4.29. The van der Waals surface area contributed by atoms with E-state index in [4.69, 9.17) is 10.7 Å². The molecule has 1 fully saturated rings. The molecule has 2 bridgehead atoms. The van der Waals surface area contributed by atoms with E-state index in [-0.39, 0.29) is 5.41 Å². The van der Waals surface area contributed by atoms with Gasteiger partial charge in [-0.05, 0) is 30.4 Å². The van der Waals surface area contributed by atoms with Crippen LogP contribution >= 0.6 is 0 Å². The fraction of sp³-hybridized carbons (Fsp3) is 0.500. The van der Waals surface area contributed by atoms with Gasteiger partial charge in [0.2, 0.25) is 0 Å². The highest BCUT2D eigenvalue weighted by atomic mass is 15.0. The Morgan fingerprint density at radius 2 is 2.10 bits per heavy atom. The molecule has 0 aromatic carbocycles. The minimum Gasteiger partial charge on any atom is -0.384 e. The molecule has 0 radical (unpaired) electrons. The number of imidazole rings is 1. The second-order valence-electron chi connectivity index (χ2n) is 6.96. The van der Waals surface area contributed by atoms with E-state index in [0.717, 1.165) is 11.4 Å². The molecule has 20 heavy (non-hydrogen) atoms. The third kappa shape index (κ3) is 1.22. The average molecular weight is 268 g/mol. The van der Waals surface area contributed by atoms with E-state index in [1.165, 1.54) is 24.2 Å². The highest BCUT2D eigenvalue weighted by Crippen LogP contribution is 2.67. The van der Waals surface area contributed by atoms with Crippen LogP contribution < -0.4 is 5.73 Å². The highest BCUT2D eigenvalue weighted by molar-refractivity contribution is 5.59. The smallest absolute Gasteiger partial charge is 0.139 e. The van der Waals surface area contributed by atoms with Crippen molar-refractivity contribution in [1.82, 2.24) is 15.0 Å². The van der Waals surface area contributed by atoms with E-state index < -0.39 is 0 Å². The van der Waals surface area contributed by atoms with Crippen molar-refractivity contribution in [1.29, 1.82) is 0 Å². The fourth-order valence-corrected chi connectivity index (χ4v) is 4.17. The lowest BCUT2D eigenvalue weighted by Crippen LogP contribution is -2.31. The van der Waals surface area contributed by atoms with Gasteiger partial charge in [-0.25, -0.2) is 9.97 Å². The Balaban J connectivity index is 1.84. The number of hydrogen-bond acceptors (Lipinski definition) is 3. The van der Waals surface area contributed by atoms with Crippen molar-refractivity contribution in [2.45, 2.75) is 44.9 Å². The first kappa shape index (κ1) is 11.9. The molecule has 2 heterocycles. The van der Waals surface area contributed by atoms with Gasteiger partial charge in [-0.15, -0.1) is 0 Å². The van der Waals surface area contributed by atoms with E-state index in [1.807, 2.05) is 12.1 Å². The second-order valence-corrected chi connectivity index (χ2v) is 6.96. The zero-order valence-electron chi connectivity index (χ0n) is 12.2. The van der Waals surface area contributed by atoms with Crippen LogP contribution in [-0.4, -0.2) is 15.0 Å². The van der Waals surface area contributed by atoms with E-state index >= 15 is 0 Å². The Bertz CT molecular complexity index is 683. The van der Waals surface area contributed by atoms with Crippen molar-refractivity contribution in [2.75, 3.05) is 5.73 Å². The standard InChI is InChI=1S/C16H20N4/c1-15(2)10-6-7-16(15,3)13-12(10)19-14(20-13)9-4-5-11(17)18-8-9/h4-5,8,10H,6-7H2,1-3H3,(H2,17,18)(H,19,20). The number of nitrogens with zero attached hydrogens (tertiary/aromatic N) is 2. The summed E-state index contributed by atoms with van der Waals surface area (Å²) in [5.41, 5.74) is 9.77. The van der Waals surface area contributed by atoms with Crippen LogP contribution in [0.25, 0.3) is 11.4 Å². The number of H-pyrrole nitrogens is 1. The third-order valence-electron chi connectivity index (χ3n) is 5.89. The van der Waals surface area contributed by atoms with Gasteiger partial charge >= 0.3 is 0 Å². The monoisotopic (exact) mass is 268 g/mol. The number of hydrogen-bond donors (Lipinski definition) is 2. The van der Waals surface area contributed by atoms with Gasteiger partial charge in [-0.1, -0.05) is 20.8 Å². The molecule has 0 spiro atoms. The normalized spacial score (nSPS) is 29.6. The minimum atomic E-state index is 0.197. The van der Waals surface area contributed by atoms with Gasteiger partial charge in [-0.2, -0.15) is 0 Å². The fourth-order valence-electron chi connectivity index (χ4n) is 4.17. The lowest BCUT2D eigenvalue weighted by Gasteiger charge is -2.34. The molecule has 1 saturated carbocycles. The molecule has 2 unspecified atom stereocenters. The molecule has 2 aliphatic rings. The molecule has 2 atom stereocenters. The van der Waals surface area contributed by atoms with Gasteiger partial charge in [0, 0.05) is 28.8 Å². The Labute approximate surface area is 118 Å². The number of fused-ring (bicyclic) bond motifs is 5. The van der Waals surface area contributed by atoms with Gasteiger partial charge in [0.15, 0.2) is 0 Å². The van der Waals surface area contributed by atoms with Gasteiger partial charge in [-0.3, -0.25) is 0 Å². The van der Waals surface area contributed by atoms with Crippen LogP contribution in [0, 0.1) is 5.41 Å². The first-order valence-corrected chi connectivity index (χ1v) is 7.26. The van der Waals surface area contributed by atoms with Crippen LogP contribution in [0.4, 0.5) is 5.82 Å². The van der Waals surface area contributed by atoms with Crippen LogP contribution in [0.15, 0.2) is 18.3 Å². The predicted molar refractivity (Wildman–Crippen MR) is 79.3 cm³/mol. The summed E-state index contributed by atoms with van der Waals surface area (Å²) < 4.78 is 0. The van der Waals surface area contributed by atoms with Crippen molar-refractivity contribution in [2.24, 2.45) is 5.41 Å². The molecule has 4 nitrogen and oxygen atoms in total. The molecule has 3 N–H and O–H groups in total. The summed E-state index contributed by atoms with van der Waals surface area (Å²) >= 11 is 0. The third-order valence-corrected chi connectivity index (χ3v) is 5.89. The van der Waals surface area contributed by atoms with Gasteiger partial charge < -0.3 is 10.7 Å². The van der Waals surface area contributed by atoms with E-state index in [9.17, 15) is 0 Å². The first-order chi connectivity index (χ1) is 9.43. The second kappa shape index (κ2) is 3.43. The summed E-state index contributed by atoms with van der Waals surface area (Å²) in [7, 11) is 0. The van der Waals surface area contributed by atoms with E-state index in [2.05, 4.69) is 30.7 Å². The molecule has 2 aromatic heterocycles. The van der Waals surface area contributed by atoms with Crippen LogP contribution in [-0.2, 0) is 5.41 Å². The van der Waals surface area contributed by atoms with Crippen LogP contribution in [0.3, 0.4) is 0 Å². The quantitative estimate of drug-likeness (QED) is 0.834. The number of rotatable bonds is 1. The zero-order chi connectivity index (χ0) is 14.1. The molecule has 0 amide bonds. The van der Waals surface area contributed by atoms with Crippen molar-refractivity contribution < 1.29 is 0 Å². The summed E-state index contributed by atoms with van der Waals surface area (Å²) in [5.74, 6) is 2.07. The van der Waals surface area contributed by atoms with Gasteiger partial charge in [0.1, 0.15) is 11.6 Å². The maximum Gasteiger partial charge on any atom is 0.139 e. The largest absolute Gasteiger partial charge is 0.384 e. The number of aromatic nitrogens is 3. The highest BCUT2D eigenvalue weighted by Gasteiger charge is 2.61. The van der Waals surface area contributed by atoms with Gasteiger partial charge in [0.25, 0.3) is 0 Å². The topological polar surface area (TPSA) is 67.6 Å². The molecule has 0 aliphatic heterocycles. The molecule has 2 aliphatic carbocycles. The Morgan fingerprint density at radius 3 is 2.75 bits per heavy atom.